The summed E-state index contributed by atoms with van der Waals surface area (Å²) in [6, 6.07) is 8.13. The Hall–Kier alpha value is -2.43. The summed E-state index contributed by atoms with van der Waals surface area (Å²) in [5.41, 5.74) is 2.62. The molecule has 126 valence electrons. The number of amides is 1. The lowest BCUT2D eigenvalue weighted by Gasteiger charge is -2.15. The number of hydrogen-bond acceptors (Lipinski definition) is 4. The quantitative estimate of drug-likeness (QED) is 0.918. The van der Waals surface area contributed by atoms with Gasteiger partial charge in [-0.3, -0.25) is 4.79 Å². The molecule has 5 nitrogen and oxygen atoms in total. The molecule has 1 amide bonds. The van der Waals surface area contributed by atoms with E-state index in [4.69, 9.17) is 4.74 Å². The number of aryl methyl sites for hydroxylation is 1. The van der Waals surface area contributed by atoms with Crippen molar-refractivity contribution in [2.75, 3.05) is 13.2 Å². The molecule has 24 heavy (non-hydrogen) atoms. The fraction of sp³-hybridized carbons (Fsp3) is 0.421. The van der Waals surface area contributed by atoms with Gasteiger partial charge in [0.2, 0.25) is 0 Å². The van der Waals surface area contributed by atoms with Crippen LogP contribution in [0.3, 0.4) is 0 Å². The Morgan fingerprint density at radius 1 is 1.38 bits per heavy atom. The number of para-hydroxylation sites is 1. The molecule has 0 fully saturated rings. The summed E-state index contributed by atoms with van der Waals surface area (Å²) >= 11 is 0. The van der Waals surface area contributed by atoms with Gasteiger partial charge in [-0.15, -0.1) is 0 Å². The summed E-state index contributed by atoms with van der Waals surface area (Å²) in [5, 5.41) is 3.05. The van der Waals surface area contributed by atoms with Gasteiger partial charge in [-0.05, 0) is 36.8 Å². The Balaban J connectivity index is 1.62. The molecule has 5 heteroatoms. The molecule has 0 aliphatic carbocycles. The number of ether oxygens (including phenoxy) is 1. The maximum absolute atomic E-state index is 12.5. The van der Waals surface area contributed by atoms with Crippen molar-refractivity contribution < 1.29 is 9.53 Å². The first-order valence-corrected chi connectivity index (χ1v) is 8.55. The van der Waals surface area contributed by atoms with Gasteiger partial charge in [-0.25, -0.2) is 9.97 Å². The molecule has 0 bridgehead atoms. The predicted octanol–water partition coefficient (Wildman–Crippen LogP) is 2.80. The Bertz CT molecular complexity index is 703. The highest BCUT2D eigenvalue weighted by Crippen LogP contribution is 2.26. The van der Waals surface area contributed by atoms with Crippen LogP contribution in [-0.2, 0) is 12.8 Å². The molecule has 1 aromatic heterocycles. The Kier molecular flexibility index (Phi) is 5.41. The van der Waals surface area contributed by atoms with Gasteiger partial charge in [-0.1, -0.05) is 31.5 Å². The molecule has 1 aliphatic rings. The van der Waals surface area contributed by atoms with Crippen LogP contribution in [0.2, 0.25) is 0 Å². The number of carbonyl (C=O) groups excluding carboxylic acids is 1. The second-order valence-corrected chi connectivity index (χ2v) is 6.16. The number of nitrogens with zero attached hydrogens (tertiary/aromatic N) is 2. The van der Waals surface area contributed by atoms with Crippen molar-refractivity contribution in [2.24, 2.45) is 5.92 Å². The lowest BCUT2D eigenvalue weighted by Crippen LogP contribution is -2.31. The molecule has 1 aliphatic heterocycles. The summed E-state index contributed by atoms with van der Waals surface area (Å²) in [7, 11) is 0. The van der Waals surface area contributed by atoms with E-state index in [-0.39, 0.29) is 5.91 Å². The molecule has 3 rings (SSSR count). The van der Waals surface area contributed by atoms with Gasteiger partial charge in [0.25, 0.3) is 5.91 Å². The van der Waals surface area contributed by atoms with Gasteiger partial charge in [-0.2, -0.15) is 0 Å². The number of benzene rings is 1. The molecule has 0 saturated heterocycles. The van der Waals surface area contributed by atoms with E-state index in [1.807, 2.05) is 18.2 Å². The average molecular weight is 325 g/mol. The van der Waals surface area contributed by atoms with E-state index in [2.05, 4.69) is 28.3 Å². The van der Waals surface area contributed by atoms with Gasteiger partial charge in [0, 0.05) is 12.7 Å². The van der Waals surface area contributed by atoms with Crippen LogP contribution in [0.15, 0.2) is 36.8 Å². The van der Waals surface area contributed by atoms with Crippen LogP contribution in [0.5, 0.6) is 5.75 Å². The second kappa shape index (κ2) is 7.90. The van der Waals surface area contributed by atoms with Crippen LogP contribution >= 0.6 is 0 Å². The van der Waals surface area contributed by atoms with Crippen LogP contribution in [-0.4, -0.2) is 29.0 Å². The SMILES string of the molecule is CCCc1ncncc1C(=O)NCC1CCOc2ccccc2C1. The molecular weight excluding hydrogens is 302 g/mol. The first kappa shape index (κ1) is 16.4. The Morgan fingerprint density at radius 3 is 3.12 bits per heavy atom. The summed E-state index contributed by atoms with van der Waals surface area (Å²) in [4.78, 5) is 20.7. The van der Waals surface area contributed by atoms with Gasteiger partial charge in [0.05, 0.1) is 17.9 Å². The molecule has 1 unspecified atom stereocenters. The van der Waals surface area contributed by atoms with E-state index in [0.717, 1.165) is 37.1 Å². The van der Waals surface area contributed by atoms with Crippen molar-refractivity contribution in [3.05, 3.63) is 53.6 Å². The first-order valence-electron chi connectivity index (χ1n) is 8.55. The highest BCUT2D eigenvalue weighted by atomic mass is 16.5. The molecule has 0 spiro atoms. The smallest absolute Gasteiger partial charge is 0.254 e. The fourth-order valence-electron chi connectivity index (χ4n) is 3.05. The topological polar surface area (TPSA) is 64.1 Å². The summed E-state index contributed by atoms with van der Waals surface area (Å²) < 4.78 is 5.79. The van der Waals surface area contributed by atoms with Crippen LogP contribution in [0.4, 0.5) is 0 Å². The minimum atomic E-state index is -0.0856. The van der Waals surface area contributed by atoms with Gasteiger partial charge in [0.15, 0.2) is 0 Å². The largest absolute Gasteiger partial charge is 0.493 e. The number of carbonyl (C=O) groups is 1. The van der Waals surface area contributed by atoms with E-state index >= 15 is 0 Å². The zero-order valence-corrected chi connectivity index (χ0v) is 14.0. The zero-order chi connectivity index (χ0) is 16.8. The second-order valence-electron chi connectivity index (χ2n) is 6.16. The maximum Gasteiger partial charge on any atom is 0.254 e. The van der Waals surface area contributed by atoms with Crippen LogP contribution < -0.4 is 10.1 Å². The fourth-order valence-corrected chi connectivity index (χ4v) is 3.05. The summed E-state index contributed by atoms with van der Waals surface area (Å²) in [6.07, 6.45) is 6.70. The third kappa shape index (κ3) is 3.91. The van der Waals surface area contributed by atoms with Crippen molar-refractivity contribution in [1.29, 1.82) is 0 Å². The van der Waals surface area contributed by atoms with Crippen molar-refractivity contribution in [2.45, 2.75) is 32.6 Å². The lowest BCUT2D eigenvalue weighted by molar-refractivity contribution is 0.0943. The Morgan fingerprint density at radius 2 is 2.25 bits per heavy atom. The number of hydrogen-bond donors (Lipinski definition) is 1. The van der Waals surface area contributed by atoms with E-state index in [0.29, 0.717) is 24.6 Å². The van der Waals surface area contributed by atoms with Crippen molar-refractivity contribution >= 4 is 5.91 Å². The molecule has 1 atom stereocenters. The molecular formula is C19H23N3O2. The number of aromatic nitrogens is 2. The van der Waals surface area contributed by atoms with E-state index in [1.165, 1.54) is 11.9 Å². The van der Waals surface area contributed by atoms with Crippen molar-refractivity contribution in [1.82, 2.24) is 15.3 Å². The lowest BCUT2D eigenvalue weighted by atomic mass is 9.97. The Labute approximate surface area is 142 Å². The zero-order valence-electron chi connectivity index (χ0n) is 14.0. The summed E-state index contributed by atoms with van der Waals surface area (Å²) in [6.45, 7) is 3.40. The number of rotatable bonds is 5. The molecule has 2 heterocycles. The molecule has 1 N–H and O–H groups in total. The van der Waals surface area contributed by atoms with Crippen LogP contribution in [0.1, 0.15) is 41.4 Å². The van der Waals surface area contributed by atoms with E-state index in [1.54, 1.807) is 6.20 Å². The van der Waals surface area contributed by atoms with Gasteiger partial charge < -0.3 is 10.1 Å². The highest BCUT2D eigenvalue weighted by Gasteiger charge is 2.19. The molecule has 0 radical (unpaired) electrons. The van der Waals surface area contributed by atoms with Crippen LogP contribution in [0.25, 0.3) is 0 Å². The van der Waals surface area contributed by atoms with Gasteiger partial charge >= 0.3 is 0 Å². The first-order chi connectivity index (χ1) is 11.8. The normalized spacial score (nSPS) is 16.6. The maximum atomic E-state index is 12.5. The summed E-state index contributed by atoms with van der Waals surface area (Å²) in [5.74, 6) is 1.25. The molecule has 2 aromatic rings. The van der Waals surface area contributed by atoms with E-state index < -0.39 is 0 Å². The van der Waals surface area contributed by atoms with Gasteiger partial charge in [0.1, 0.15) is 12.1 Å². The standard InChI is InChI=1S/C19H23N3O2/c1-2-5-17-16(12-20-13-22-17)19(23)21-11-14-8-9-24-18-7-4-3-6-15(18)10-14/h3-4,6-7,12-14H,2,5,8-11H2,1H3,(H,21,23). The average Bonchev–Trinajstić information content (AvgIpc) is 2.82. The third-order valence-electron chi connectivity index (χ3n) is 4.34. The molecule has 1 aromatic carbocycles. The predicted molar refractivity (Wildman–Crippen MR) is 92.1 cm³/mol. The molecule has 0 saturated carbocycles. The van der Waals surface area contributed by atoms with Crippen molar-refractivity contribution in [3.63, 3.8) is 0 Å². The third-order valence-corrected chi connectivity index (χ3v) is 4.34. The van der Waals surface area contributed by atoms with Crippen LogP contribution in [0, 0.1) is 5.92 Å². The highest BCUT2D eigenvalue weighted by molar-refractivity contribution is 5.94. The van der Waals surface area contributed by atoms with E-state index in [9.17, 15) is 4.79 Å². The minimum absolute atomic E-state index is 0.0856. The number of nitrogens with one attached hydrogen (secondary N) is 1. The van der Waals surface area contributed by atoms with Crippen molar-refractivity contribution in [3.8, 4) is 5.75 Å². The number of fused-ring (bicyclic) bond motifs is 1. The minimum Gasteiger partial charge on any atom is -0.493 e. The monoisotopic (exact) mass is 325 g/mol.